The summed E-state index contributed by atoms with van der Waals surface area (Å²) in [4.78, 5) is 29.0. The second-order valence-electron chi connectivity index (χ2n) is 6.45. The molecule has 0 aliphatic heterocycles. The smallest absolute Gasteiger partial charge is 0.412 e. The maximum atomic E-state index is 11.9. The molecule has 0 radical (unpaired) electrons. The predicted molar refractivity (Wildman–Crippen MR) is 107 cm³/mol. The van der Waals surface area contributed by atoms with E-state index in [0.717, 1.165) is 24.9 Å². The zero-order valence-corrected chi connectivity index (χ0v) is 16.1. The normalized spacial score (nSPS) is 10.5. The third-order valence-electron chi connectivity index (χ3n) is 3.83. The summed E-state index contributed by atoms with van der Waals surface area (Å²) in [6.07, 6.45) is -0.144. The number of ether oxygens (including phenoxy) is 1. The molecule has 2 amide bonds. The summed E-state index contributed by atoms with van der Waals surface area (Å²) in [6.45, 7) is 3.60. The van der Waals surface area contributed by atoms with Gasteiger partial charge in [0.1, 0.15) is 11.6 Å². The summed E-state index contributed by atoms with van der Waals surface area (Å²) in [5.74, 6) is 0.373. The van der Waals surface area contributed by atoms with Gasteiger partial charge in [0.05, 0.1) is 6.61 Å². The summed E-state index contributed by atoms with van der Waals surface area (Å²) in [6, 6.07) is 13.4. The van der Waals surface area contributed by atoms with Crippen molar-refractivity contribution < 1.29 is 19.4 Å². The van der Waals surface area contributed by atoms with E-state index < -0.39 is 12.2 Å². The predicted octanol–water partition coefficient (Wildman–Crippen LogP) is 4.15. The molecule has 1 aromatic heterocycles. The standard InChI is InChI=1S/C20H26N4O4/c1-3-4-10-28-20(27)23-18-12-16(11-17(21-18)22-19(25)26)14-24(2)13-15-8-6-5-7-9-15/h5-9,11-12H,3-4,10,13-14H2,1-2H3,(H,25,26)(H2,21,22,23,27). The monoisotopic (exact) mass is 386 g/mol. The highest BCUT2D eigenvalue weighted by Gasteiger charge is 2.11. The lowest BCUT2D eigenvalue weighted by atomic mass is 10.2. The summed E-state index contributed by atoms with van der Waals surface area (Å²) in [7, 11) is 1.96. The Hall–Kier alpha value is -3.13. The van der Waals surface area contributed by atoms with Crippen molar-refractivity contribution in [1.29, 1.82) is 0 Å². The van der Waals surface area contributed by atoms with Crippen LogP contribution in [0.1, 0.15) is 30.9 Å². The first-order valence-corrected chi connectivity index (χ1v) is 9.13. The van der Waals surface area contributed by atoms with E-state index in [9.17, 15) is 9.59 Å². The van der Waals surface area contributed by atoms with Crippen LogP contribution in [0.15, 0.2) is 42.5 Å². The number of benzene rings is 1. The third kappa shape index (κ3) is 7.63. The Bertz CT molecular complexity index is 783. The number of pyridine rings is 1. The molecule has 150 valence electrons. The highest BCUT2D eigenvalue weighted by molar-refractivity contribution is 5.85. The van der Waals surface area contributed by atoms with Crippen LogP contribution in [0.4, 0.5) is 21.2 Å². The first kappa shape index (κ1) is 21.2. The Kier molecular flexibility index (Phi) is 8.23. The number of unbranched alkanes of at least 4 members (excludes halogenated alkanes) is 1. The van der Waals surface area contributed by atoms with Crippen molar-refractivity contribution in [2.24, 2.45) is 0 Å². The van der Waals surface area contributed by atoms with E-state index >= 15 is 0 Å². The Morgan fingerprint density at radius 3 is 2.36 bits per heavy atom. The molecule has 0 saturated carbocycles. The van der Waals surface area contributed by atoms with Gasteiger partial charge < -0.3 is 9.84 Å². The number of anilines is 2. The zero-order valence-electron chi connectivity index (χ0n) is 16.1. The molecule has 0 spiro atoms. The van der Waals surface area contributed by atoms with Crippen LogP contribution in [0.2, 0.25) is 0 Å². The van der Waals surface area contributed by atoms with Crippen molar-refractivity contribution in [1.82, 2.24) is 9.88 Å². The van der Waals surface area contributed by atoms with Crippen LogP contribution in [-0.2, 0) is 17.8 Å². The fraction of sp³-hybridized carbons (Fsp3) is 0.350. The van der Waals surface area contributed by atoms with E-state index in [1.165, 1.54) is 5.56 Å². The molecule has 8 nitrogen and oxygen atoms in total. The van der Waals surface area contributed by atoms with Crippen molar-refractivity contribution in [3.05, 3.63) is 53.6 Å². The van der Waals surface area contributed by atoms with Gasteiger partial charge >= 0.3 is 12.2 Å². The minimum atomic E-state index is -1.22. The van der Waals surface area contributed by atoms with Crippen molar-refractivity contribution >= 4 is 23.8 Å². The number of aromatic nitrogens is 1. The number of hydrogen-bond acceptors (Lipinski definition) is 5. The molecule has 3 N–H and O–H groups in total. The molecule has 0 fully saturated rings. The maximum Gasteiger partial charge on any atom is 0.412 e. The molecule has 2 rings (SSSR count). The van der Waals surface area contributed by atoms with Gasteiger partial charge in [-0.25, -0.2) is 14.6 Å². The Morgan fingerprint density at radius 2 is 1.71 bits per heavy atom. The average molecular weight is 386 g/mol. The lowest BCUT2D eigenvalue weighted by Crippen LogP contribution is -2.19. The van der Waals surface area contributed by atoms with Crippen molar-refractivity contribution in [3.8, 4) is 0 Å². The number of hydrogen-bond donors (Lipinski definition) is 3. The third-order valence-corrected chi connectivity index (χ3v) is 3.83. The number of carbonyl (C=O) groups excluding carboxylic acids is 1. The summed E-state index contributed by atoms with van der Waals surface area (Å²) >= 11 is 0. The van der Waals surface area contributed by atoms with E-state index in [4.69, 9.17) is 9.84 Å². The van der Waals surface area contributed by atoms with Crippen LogP contribution in [0, 0.1) is 0 Å². The van der Waals surface area contributed by atoms with E-state index in [2.05, 4.69) is 20.5 Å². The van der Waals surface area contributed by atoms with Crippen LogP contribution in [0.3, 0.4) is 0 Å². The maximum absolute atomic E-state index is 11.9. The summed E-state index contributed by atoms with van der Waals surface area (Å²) in [5, 5.41) is 13.8. The molecule has 0 aliphatic rings. The van der Waals surface area contributed by atoms with E-state index in [1.807, 2.05) is 44.3 Å². The molecule has 8 heteroatoms. The summed E-state index contributed by atoms with van der Waals surface area (Å²) < 4.78 is 5.07. The van der Waals surface area contributed by atoms with Gasteiger partial charge in [-0.1, -0.05) is 43.7 Å². The molecule has 0 saturated heterocycles. The quantitative estimate of drug-likeness (QED) is 0.559. The van der Waals surface area contributed by atoms with Crippen LogP contribution >= 0.6 is 0 Å². The Balaban J connectivity index is 2.08. The van der Waals surface area contributed by atoms with Crippen molar-refractivity contribution in [2.75, 3.05) is 24.3 Å². The average Bonchev–Trinajstić information content (AvgIpc) is 2.61. The topological polar surface area (TPSA) is 104 Å². The fourth-order valence-electron chi connectivity index (χ4n) is 2.63. The molecular formula is C20H26N4O4. The Labute approximate surface area is 164 Å². The fourth-order valence-corrected chi connectivity index (χ4v) is 2.63. The lowest BCUT2D eigenvalue weighted by molar-refractivity contribution is 0.160. The first-order valence-electron chi connectivity index (χ1n) is 9.13. The van der Waals surface area contributed by atoms with Gasteiger partial charge in [0.15, 0.2) is 0 Å². The molecular weight excluding hydrogens is 360 g/mol. The van der Waals surface area contributed by atoms with Gasteiger partial charge in [-0.2, -0.15) is 0 Å². The number of rotatable bonds is 9. The minimum Gasteiger partial charge on any atom is -0.465 e. The lowest BCUT2D eigenvalue weighted by Gasteiger charge is -2.18. The SMILES string of the molecule is CCCCOC(=O)Nc1cc(CN(C)Cc2ccccc2)cc(NC(=O)O)n1. The second-order valence-corrected chi connectivity index (χ2v) is 6.45. The van der Waals surface area contributed by atoms with Crippen molar-refractivity contribution in [3.63, 3.8) is 0 Å². The first-order chi connectivity index (χ1) is 13.5. The number of nitrogens with one attached hydrogen (secondary N) is 2. The number of carbonyl (C=O) groups is 2. The van der Waals surface area contributed by atoms with E-state index in [-0.39, 0.29) is 11.6 Å². The van der Waals surface area contributed by atoms with Gasteiger partial charge in [-0.15, -0.1) is 0 Å². The largest absolute Gasteiger partial charge is 0.465 e. The van der Waals surface area contributed by atoms with Gasteiger partial charge in [-0.05, 0) is 36.7 Å². The van der Waals surface area contributed by atoms with Gasteiger partial charge in [-0.3, -0.25) is 15.5 Å². The highest BCUT2D eigenvalue weighted by atomic mass is 16.5. The molecule has 0 atom stereocenters. The highest BCUT2D eigenvalue weighted by Crippen LogP contribution is 2.17. The number of carboxylic acid groups (broad SMARTS) is 1. The molecule has 1 heterocycles. The van der Waals surface area contributed by atoms with Crippen LogP contribution in [0.25, 0.3) is 0 Å². The van der Waals surface area contributed by atoms with Crippen LogP contribution in [-0.4, -0.2) is 40.8 Å². The van der Waals surface area contributed by atoms with E-state index in [0.29, 0.717) is 13.2 Å². The Morgan fingerprint density at radius 1 is 1.07 bits per heavy atom. The summed E-state index contributed by atoms with van der Waals surface area (Å²) in [5.41, 5.74) is 1.97. The zero-order chi connectivity index (χ0) is 20.4. The molecule has 0 aliphatic carbocycles. The van der Waals surface area contributed by atoms with E-state index in [1.54, 1.807) is 12.1 Å². The van der Waals surface area contributed by atoms with Crippen molar-refractivity contribution in [2.45, 2.75) is 32.9 Å². The van der Waals surface area contributed by atoms with Gasteiger partial charge in [0.25, 0.3) is 0 Å². The molecule has 28 heavy (non-hydrogen) atoms. The molecule has 0 unspecified atom stereocenters. The molecule has 1 aromatic carbocycles. The minimum absolute atomic E-state index is 0.141. The second kappa shape index (κ2) is 10.9. The molecule has 0 bridgehead atoms. The van der Waals surface area contributed by atoms with Gasteiger partial charge in [0, 0.05) is 13.1 Å². The number of nitrogens with zero attached hydrogens (tertiary/aromatic N) is 2. The number of amides is 2. The van der Waals surface area contributed by atoms with Crippen LogP contribution in [0.5, 0.6) is 0 Å². The van der Waals surface area contributed by atoms with Gasteiger partial charge in [0.2, 0.25) is 0 Å². The van der Waals surface area contributed by atoms with Crippen LogP contribution < -0.4 is 10.6 Å². The molecule has 2 aromatic rings.